The van der Waals surface area contributed by atoms with Crippen LogP contribution in [0.1, 0.15) is 19.7 Å². The molecule has 1 unspecified atom stereocenters. The summed E-state index contributed by atoms with van der Waals surface area (Å²) in [5.74, 6) is 1.79. The maximum atomic E-state index is 13.3. The fraction of sp³-hybridized carbons (Fsp3) is 0.333. The Morgan fingerprint density at radius 3 is 2.84 bits per heavy atom. The van der Waals surface area contributed by atoms with E-state index in [-0.39, 0.29) is 35.9 Å². The highest BCUT2D eigenvalue weighted by Crippen LogP contribution is 2.14. The van der Waals surface area contributed by atoms with Crippen LogP contribution in [-0.4, -0.2) is 46.8 Å². The van der Waals surface area contributed by atoms with E-state index < -0.39 is 0 Å². The van der Waals surface area contributed by atoms with Gasteiger partial charge >= 0.3 is 0 Å². The summed E-state index contributed by atoms with van der Waals surface area (Å²) in [7, 11) is 0. The molecule has 3 rings (SSSR count). The number of guanidine groups is 1. The van der Waals surface area contributed by atoms with Crippen molar-refractivity contribution in [1.82, 2.24) is 25.8 Å². The minimum Gasteiger partial charge on any atom is -0.489 e. The predicted molar refractivity (Wildman–Crippen MR) is 127 cm³/mol. The highest BCUT2D eigenvalue weighted by Gasteiger charge is 2.10. The second kappa shape index (κ2) is 12.8. The van der Waals surface area contributed by atoms with Gasteiger partial charge in [-0.25, -0.2) is 9.38 Å². The van der Waals surface area contributed by atoms with Gasteiger partial charge < -0.3 is 19.9 Å². The summed E-state index contributed by atoms with van der Waals surface area (Å²) in [6, 6.07) is 11.6. The largest absolute Gasteiger partial charge is 0.489 e. The second-order valence-electron chi connectivity index (χ2n) is 6.51. The highest BCUT2D eigenvalue weighted by molar-refractivity contribution is 14.0. The quantitative estimate of drug-likeness (QED) is 0.244. The molecule has 10 heteroatoms. The normalized spacial score (nSPS) is 12.0. The highest BCUT2D eigenvalue weighted by atomic mass is 127. The molecular formula is C21H26FIN6O2. The first kappa shape index (κ1) is 24.5. The Kier molecular flexibility index (Phi) is 10.1. The molecule has 0 aliphatic heterocycles. The minimum atomic E-state index is -0.328. The van der Waals surface area contributed by atoms with Crippen LogP contribution >= 0.6 is 24.0 Å². The van der Waals surface area contributed by atoms with Crippen molar-refractivity contribution < 1.29 is 13.7 Å². The predicted octanol–water partition coefficient (Wildman–Crippen LogP) is 3.45. The van der Waals surface area contributed by atoms with Crippen LogP contribution in [0, 0.1) is 5.82 Å². The fourth-order valence-electron chi connectivity index (χ4n) is 2.61. The van der Waals surface area contributed by atoms with Crippen LogP contribution in [0.2, 0.25) is 0 Å². The fourth-order valence-corrected chi connectivity index (χ4v) is 2.61. The molecule has 0 aliphatic carbocycles. The molecule has 2 N–H and O–H groups in total. The Morgan fingerprint density at radius 1 is 1.23 bits per heavy atom. The van der Waals surface area contributed by atoms with Crippen LogP contribution in [0.15, 0.2) is 58.2 Å². The molecule has 0 saturated heterocycles. The van der Waals surface area contributed by atoms with Gasteiger partial charge in [0.2, 0.25) is 0 Å². The van der Waals surface area contributed by atoms with E-state index in [1.165, 1.54) is 12.1 Å². The lowest BCUT2D eigenvalue weighted by atomic mass is 10.3. The van der Waals surface area contributed by atoms with E-state index in [2.05, 4.69) is 30.8 Å². The standard InChI is InChI=1S/C21H25FN6O2.HI/c1-3-23-21(26-14-15(2)29-17-8-6-7-16(22)13-17)25-12-10-19-27-20(30-28-19)18-9-4-5-11-24-18;/h4-9,11,13,15H,3,10,12,14H2,1-2H3,(H2,23,25,26);1H. The zero-order valence-electron chi connectivity index (χ0n) is 17.4. The number of aromatic nitrogens is 3. The lowest BCUT2D eigenvalue weighted by molar-refractivity contribution is 0.229. The first-order valence-corrected chi connectivity index (χ1v) is 9.82. The topological polar surface area (TPSA) is 97.5 Å². The van der Waals surface area contributed by atoms with Crippen LogP contribution in [0.5, 0.6) is 5.75 Å². The lowest BCUT2D eigenvalue weighted by Crippen LogP contribution is -2.39. The van der Waals surface area contributed by atoms with E-state index in [1.54, 1.807) is 18.3 Å². The maximum absolute atomic E-state index is 13.3. The van der Waals surface area contributed by atoms with E-state index in [9.17, 15) is 4.39 Å². The van der Waals surface area contributed by atoms with E-state index >= 15 is 0 Å². The van der Waals surface area contributed by atoms with Gasteiger partial charge in [-0.3, -0.25) is 4.98 Å². The zero-order valence-corrected chi connectivity index (χ0v) is 19.7. The van der Waals surface area contributed by atoms with E-state index in [4.69, 9.17) is 9.26 Å². The zero-order chi connectivity index (χ0) is 21.2. The molecular weight excluding hydrogens is 514 g/mol. The number of hydrogen-bond acceptors (Lipinski definition) is 6. The Balaban J connectivity index is 0.00000341. The summed E-state index contributed by atoms with van der Waals surface area (Å²) in [5.41, 5.74) is 0.645. The number of pyridine rings is 1. The van der Waals surface area contributed by atoms with Crippen LogP contribution in [0.25, 0.3) is 11.6 Å². The lowest BCUT2D eigenvalue weighted by Gasteiger charge is -2.15. The monoisotopic (exact) mass is 540 g/mol. The Labute approximate surface area is 197 Å². The third-order valence-electron chi connectivity index (χ3n) is 3.98. The number of aliphatic imine (C=N–C) groups is 1. The van der Waals surface area contributed by atoms with Gasteiger partial charge in [-0.2, -0.15) is 4.98 Å². The number of rotatable bonds is 9. The van der Waals surface area contributed by atoms with E-state index in [0.29, 0.717) is 48.6 Å². The van der Waals surface area contributed by atoms with Gasteiger partial charge in [0.1, 0.15) is 23.4 Å². The number of nitrogens with zero attached hydrogens (tertiary/aromatic N) is 4. The molecule has 166 valence electrons. The maximum Gasteiger partial charge on any atom is 0.276 e. The third kappa shape index (κ3) is 8.12. The van der Waals surface area contributed by atoms with Gasteiger partial charge in [0.25, 0.3) is 5.89 Å². The summed E-state index contributed by atoms with van der Waals surface area (Å²) in [5, 5.41) is 10.4. The summed E-state index contributed by atoms with van der Waals surface area (Å²) in [4.78, 5) is 13.1. The smallest absolute Gasteiger partial charge is 0.276 e. The molecule has 31 heavy (non-hydrogen) atoms. The van der Waals surface area contributed by atoms with Gasteiger partial charge in [-0.1, -0.05) is 17.3 Å². The van der Waals surface area contributed by atoms with Crippen molar-refractivity contribution in [3.8, 4) is 17.3 Å². The molecule has 0 radical (unpaired) electrons. The van der Waals surface area contributed by atoms with Crippen molar-refractivity contribution in [3.63, 3.8) is 0 Å². The minimum absolute atomic E-state index is 0. The van der Waals surface area contributed by atoms with Crippen LogP contribution in [0.4, 0.5) is 4.39 Å². The number of halogens is 2. The molecule has 0 spiro atoms. The number of hydrogen-bond donors (Lipinski definition) is 2. The van der Waals surface area contributed by atoms with Crippen molar-refractivity contribution in [2.24, 2.45) is 4.99 Å². The second-order valence-corrected chi connectivity index (χ2v) is 6.51. The van der Waals surface area contributed by atoms with Gasteiger partial charge in [0, 0.05) is 31.8 Å². The Hall–Kier alpha value is -2.76. The number of benzene rings is 1. The summed E-state index contributed by atoms with van der Waals surface area (Å²) in [6.45, 7) is 5.58. The van der Waals surface area contributed by atoms with E-state index in [0.717, 1.165) is 6.54 Å². The summed E-state index contributed by atoms with van der Waals surface area (Å²) >= 11 is 0. The molecule has 3 aromatic rings. The van der Waals surface area contributed by atoms with Crippen molar-refractivity contribution in [2.45, 2.75) is 26.4 Å². The molecule has 0 amide bonds. The molecule has 2 heterocycles. The van der Waals surface area contributed by atoms with Crippen molar-refractivity contribution in [1.29, 1.82) is 0 Å². The molecule has 0 bridgehead atoms. The molecule has 1 atom stereocenters. The van der Waals surface area contributed by atoms with Crippen LogP contribution < -0.4 is 15.4 Å². The summed E-state index contributed by atoms with van der Waals surface area (Å²) < 4.78 is 24.2. The van der Waals surface area contributed by atoms with Crippen LogP contribution in [-0.2, 0) is 6.42 Å². The van der Waals surface area contributed by atoms with E-state index in [1.807, 2.05) is 32.0 Å². The molecule has 0 fully saturated rings. The number of ether oxygens (including phenoxy) is 1. The molecule has 8 nitrogen and oxygen atoms in total. The Bertz CT molecular complexity index is 954. The van der Waals surface area contributed by atoms with Gasteiger partial charge in [-0.15, -0.1) is 24.0 Å². The van der Waals surface area contributed by atoms with Gasteiger partial charge in [0.05, 0.1) is 6.54 Å². The average Bonchev–Trinajstić information content (AvgIpc) is 3.22. The molecule has 2 aromatic heterocycles. The third-order valence-corrected chi connectivity index (χ3v) is 3.98. The first-order chi connectivity index (χ1) is 14.6. The average molecular weight is 540 g/mol. The van der Waals surface area contributed by atoms with Crippen LogP contribution in [0.3, 0.4) is 0 Å². The van der Waals surface area contributed by atoms with Crippen molar-refractivity contribution in [3.05, 3.63) is 60.3 Å². The Morgan fingerprint density at radius 2 is 2.10 bits per heavy atom. The molecule has 0 saturated carbocycles. The van der Waals surface area contributed by atoms with Crippen molar-refractivity contribution >= 4 is 29.9 Å². The first-order valence-electron chi connectivity index (χ1n) is 9.82. The van der Waals surface area contributed by atoms with Gasteiger partial charge in [-0.05, 0) is 38.1 Å². The number of nitrogens with one attached hydrogen (secondary N) is 2. The van der Waals surface area contributed by atoms with Gasteiger partial charge in [0.15, 0.2) is 11.8 Å². The SMILES string of the molecule is CCNC(=NCC(C)Oc1cccc(F)c1)NCCc1noc(-c2ccccn2)n1.I. The molecule has 0 aliphatic rings. The van der Waals surface area contributed by atoms with Crippen molar-refractivity contribution in [2.75, 3.05) is 19.6 Å². The summed E-state index contributed by atoms with van der Waals surface area (Å²) in [6.07, 6.45) is 2.04. The molecule has 1 aromatic carbocycles.